The van der Waals surface area contributed by atoms with Crippen LogP contribution in [-0.2, 0) is 11.3 Å². The quantitative estimate of drug-likeness (QED) is 0.313. The minimum atomic E-state index is -0.317. The number of halogens is 1. The lowest BCUT2D eigenvalue weighted by Crippen LogP contribution is -2.12. The van der Waals surface area contributed by atoms with E-state index in [0.29, 0.717) is 12.1 Å². The molecule has 0 atom stereocenters. The van der Waals surface area contributed by atoms with E-state index in [1.54, 1.807) is 6.07 Å². The van der Waals surface area contributed by atoms with Crippen molar-refractivity contribution in [3.05, 3.63) is 87.7 Å². The van der Waals surface area contributed by atoms with E-state index in [-0.39, 0.29) is 12.1 Å². The number of hydrogen-bond donors (Lipinski definition) is 1. The van der Waals surface area contributed by atoms with Gasteiger partial charge in [-0.15, -0.1) is 0 Å². The van der Waals surface area contributed by atoms with Crippen molar-refractivity contribution in [2.75, 3.05) is 0 Å². The van der Waals surface area contributed by atoms with Crippen molar-refractivity contribution in [2.45, 2.75) is 40.3 Å². The first-order valence-electron chi connectivity index (χ1n) is 9.86. The largest absolute Gasteiger partial charge is 0.459 e. The molecule has 156 valence electrons. The van der Waals surface area contributed by atoms with Gasteiger partial charge in [-0.05, 0) is 69.7 Å². The van der Waals surface area contributed by atoms with Gasteiger partial charge in [0, 0.05) is 27.7 Å². The van der Waals surface area contributed by atoms with Crippen LogP contribution in [0, 0.1) is 13.8 Å². The number of benzene rings is 2. The molecule has 1 aromatic heterocycles. The number of ether oxygens (including phenoxy) is 1. The predicted molar refractivity (Wildman–Crippen MR) is 122 cm³/mol. The maximum atomic E-state index is 12.3. The Labute approximate surface area is 182 Å². The van der Waals surface area contributed by atoms with E-state index in [1.807, 2.05) is 76.4 Å². The summed E-state index contributed by atoms with van der Waals surface area (Å²) >= 11 is 5.91. The van der Waals surface area contributed by atoms with Crippen molar-refractivity contribution in [3.8, 4) is 5.69 Å². The van der Waals surface area contributed by atoms with Crippen LogP contribution in [0.25, 0.3) is 5.69 Å². The van der Waals surface area contributed by atoms with Crippen LogP contribution in [0.15, 0.2) is 59.7 Å². The maximum absolute atomic E-state index is 12.3. The minimum absolute atomic E-state index is 0.153. The van der Waals surface area contributed by atoms with Crippen molar-refractivity contribution in [1.29, 1.82) is 0 Å². The normalized spacial score (nSPS) is 11.3. The molecule has 0 amide bonds. The minimum Gasteiger partial charge on any atom is -0.459 e. The van der Waals surface area contributed by atoms with Crippen molar-refractivity contribution >= 4 is 23.8 Å². The van der Waals surface area contributed by atoms with E-state index in [4.69, 9.17) is 16.3 Å². The van der Waals surface area contributed by atoms with Gasteiger partial charge in [0.05, 0.1) is 24.4 Å². The smallest absolute Gasteiger partial charge is 0.338 e. The summed E-state index contributed by atoms with van der Waals surface area (Å²) in [6.07, 6.45) is 1.66. The number of nitrogens with zero attached hydrogens (tertiary/aromatic N) is 2. The fraction of sp³-hybridized carbons (Fsp3) is 0.250. The molecule has 2 aromatic carbocycles. The molecule has 0 aliphatic heterocycles. The Morgan fingerprint density at radius 3 is 2.60 bits per heavy atom. The van der Waals surface area contributed by atoms with Gasteiger partial charge in [0.1, 0.15) is 0 Å². The van der Waals surface area contributed by atoms with Crippen LogP contribution < -0.4 is 5.43 Å². The van der Waals surface area contributed by atoms with Gasteiger partial charge < -0.3 is 14.7 Å². The highest BCUT2D eigenvalue weighted by molar-refractivity contribution is 6.30. The molecule has 0 spiro atoms. The molecule has 0 unspecified atom stereocenters. The van der Waals surface area contributed by atoms with Crippen LogP contribution in [0.3, 0.4) is 0 Å². The number of rotatable bonds is 7. The van der Waals surface area contributed by atoms with Crippen LogP contribution in [0.5, 0.6) is 0 Å². The van der Waals surface area contributed by atoms with Gasteiger partial charge in [-0.3, -0.25) is 0 Å². The highest BCUT2D eigenvalue weighted by Gasteiger charge is 2.13. The molecule has 3 rings (SSSR count). The third kappa shape index (κ3) is 5.30. The molecule has 0 saturated heterocycles. The fourth-order valence-corrected chi connectivity index (χ4v) is 3.35. The summed E-state index contributed by atoms with van der Waals surface area (Å²) in [6.45, 7) is 8.37. The van der Waals surface area contributed by atoms with Crippen molar-refractivity contribution < 1.29 is 9.53 Å². The SMILES string of the molecule is Cc1cc(/C=N\NCc2ccc(Cl)cc2)c(C)n1-c1cccc(C(=O)OC(C)C)c1. The van der Waals surface area contributed by atoms with Gasteiger partial charge in [-0.2, -0.15) is 5.10 Å². The van der Waals surface area contributed by atoms with Gasteiger partial charge in [-0.1, -0.05) is 29.8 Å². The fourth-order valence-electron chi connectivity index (χ4n) is 3.22. The monoisotopic (exact) mass is 423 g/mol. The highest BCUT2D eigenvalue weighted by atomic mass is 35.5. The Kier molecular flexibility index (Phi) is 6.95. The van der Waals surface area contributed by atoms with Crippen LogP contribution >= 0.6 is 11.6 Å². The Balaban J connectivity index is 1.75. The number of aryl methyl sites for hydroxylation is 1. The molecule has 5 nitrogen and oxygen atoms in total. The lowest BCUT2D eigenvalue weighted by molar-refractivity contribution is 0.0378. The van der Waals surface area contributed by atoms with E-state index < -0.39 is 0 Å². The average Bonchev–Trinajstić information content (AvgIpc) is 2.99. The first-order chi connectivity index (χ1) is 14.3. The van der Waals surface area contributed by atoms with E-state index in [9.17, 15) is 4.79 Å². The number of hydrazone groups is 1. The number of carbonyl (C=O) groups is 1. The van der Waals surface area contributed by atoms with E-state index in [1.165, 1.54) is 0 Å². The first kappa shape index (κ1) is 21.7. The molecule has 0 aliphatic carbocycles. The molecule has 3 aromatic rings. The molecular formula is C24H26ClN3O2. The van der Waals surface area contributed by atoms with Gasteiger partial charge in [0.2, 0.25) is 0 Å². The van der Waals surface area contributed by atoms with Gasteiger partial charge in [0.25, 0.3) is 0 Å². The van der Waals surface area contributed by atoms with Crippen molar-refractivity contribution in [2.24, 2.45) is 5.10 Å². The second kappa shape index (κ2) is 9.63. The first-order valence-corrected chi connectivity index (χ1v) is 10.2. The molecular weight excluding hydrogens is 398 g/mol. The van der Waals surface area contributed by atoms with Crippen LogP contribution in [-0.4, -0.2) is 22.9 Å². The molecule has 30 heavy (non-hydrogen) atoms. The molecule has 0 aliphatic rings. The van der Waals surface area contributed by atoms with Gasteiger partial charge in [0.15, 0.2) is 0 Å². The molecule has 0 radical (unpaired) electrons. The summed E-state index contributed by atoms with van der Waals surface area (Å²) < 4.78 is 7.42. The Morgan fingerprint density at radius 1 is 1.17 bits per heavy atom. The van der Waals surface area contributed by atoms with Crippen LogP contribution in [0.1, 0.15) is 46.7 Å². The van der Waals surface area contributed by atoms with Gasteiger partial charge >= 0.3 is 5.97 Å². The van der Waals surface area contributed by atoms with Gasteiger partial charge in [-0.25, -0.2) is 4.79 Å². The number of carbonyl (C=O) groups excluding carboxylic acids is 1. The second-order valence-corrected chi connectivity index (χ2v) is 7.82. The zero-order chi connectivity index (χ0) is 21.7. The summed E-state index contributed by atoms with van der Waals surface area (Å²) in [5.41, 5.74) is 8.72. The third-order valence-corrected chi connectivity index (χ3v) is 4.90. The van der Waals surface area contributed by atoms with Crippen LogP contribution in [0.4, 0.5) is 0 Å². The topological polar surface area (TPSA) is 55.6 Å². The summed E-state index contributed by atoms with van der Waals surface area (Å²) in [7, 11) is 0. The number of aromatic nitrogens is 1. The molecule has 0 bridgehead atoms. The summed E-state index contributed by atoms with van der Waals surface area (Å²) in [6, 6.07) is 17.2. The van der Waals surface area contributed by atoms with Crippen molar-refractivity contribution in [3.63, 3.8) is 0 Å². The molecule has 1 N–H and O–H groups in total. The lowest BCUT2D eigenvalue weighted by atomic mass is 10.2. The van der Waals surface area contributed by atoms with E-state index in [2.05, 4.69) is 21.2 Å². The Hall–Kier alpha value is -3.05. The highest BCUT2D eigenvalue weighted by Crippen LogP contribution is 2.21. The molecule has 0 saturated carbocycles. The lowest BCUT2D eigenvalue weighted by Gasteiger charge is -2.12. The second-order valence-electron chi connectivity index (χ2n) is 7.39. The van der Waals surface area contributed by atoms with E-state index in [0.717, 1.165) is 33.2 Å². The zero-order valence-corrected chi connectivity index (χ0v) is 18.4. The summed E-state index contributed by atoms with van der Waals surface area (Å²) in [5.74, 6) is -0.317. The summed E-state index contributed by atoms with van der Waals surface area (Å²) in [4.78, 5) is 12.3. The molecule has 6 heteroatoms. The molecule has 0 fully saturated rings. The number of esters is 1. The maximum Gasteiger partial charge on any atom is 0.338 e. The average molecular weight is 424 g/mol. The number of nitrogens with one attached hydrogen (secondary N) is 1. The molecule has 1 heterocycles. The predicted octanol–water partition coefficient (Wildman–Crippen LogP) is 5.44. The number of hydrogen-bond acceptors (Lipinski definition) is 4. The van der Waals surface area contributed by atoms with Crippen molar-refractivity contribution in [1.82, 2.24) is 9.99 Å². The summed E-state index contributed by atoms with van der Waals surface area (Å²) in [5, 5.41) is 5.07. The standard InChI is InChI=1S/C24H26ClN3O2/c1-16(2)30-24(29)20-6-5-7-23(13-20)28-17(3)12-21(18(28)4)15-27-26-14-19-8-10-22(25)11-9-19/h5-13,15-16,26H,14H2,1-4H3/b27-15-. The Bertz CT molecular complexity index is 1050. The van der Waals surface area contributed by atoms with E-state index >= 15 is 0 Å². The zero-order valence-electron chi connectivity index (χ0n) is 17.6. The van der Waals surface area contributed by atoms with Crippen LogP contribution in [0.2, 0.25) is 5.02 Å². The third-order valence-electron chi connectivity index (χ3n) is 4.64. The Morgan fingerprint density at radius 2 is 1.90 bits per heavy atom.